The van der Waals surface area contributed by atoms with Gasteiger partial charge in [-0.3, -0.25) is 10.1 Å². The van der Waals surface area contributed by atoms with Crippen LogP contribution < -0.4 is 11.1 Å². The van der Waals surface area contributed by atoms with Crippen molar-refractivity contribution in [2.24, 2.45) is 0 Å². The van der Waals surface area contributed by atoms with Crippen molar-refractivity contribution in [1.29, 1.82) is 0 Å². The Hall–Kier alpha value is -0.910. The number of anilines is 2. The summed E-state index contributed by atoms with van der Waals surface area (Å²) in [4.78, 5) is 12.3. The Labute approximate surface area is 144 Å². The van der Waals surface area contributed by atoms with Crippen molar-refractivity contribution in [2.75, 3.05) is 16.8 Å². The lowest BCUT2D eigenvalue weighted by molar-refractivity contribution is -0.115. The van der Waals surface area contributed by atoms with Crippen LogP contribution in [-0.4, -0.2) is 37.3 Å². The summed E-state index contributed by atoms with van der Waals surface area (Å²) in [5, 5.41) is 19.2. The van der Waals surface area contributed by atoms with Crippen molar-refractivity contribution >= 4 is 62.4 Å². The van der Waals surface area contributed by atoms with Crippen molar-refractivity contribution in [1.82, 2.24) is 20.4 Å². The normalized spacial score (nSPS) is 12.3. The lowest BCUT2D eigenvalue weighted by Gasteiger charge is -2.10. The highest BCUT2D eigenvalue weighted by Gasteiger charge is 2.21. The predicted molar refractivity (Wildman–Crippen MR) is 93.8 cm³/mol. The van der Waals surface area contributed by atoms with E-state index in [2.05, 4.69) is 32.6 Å². The molecule has 120 valence electrons. The third-order valence-corrected chi connectivity index (χ3v) is 6.77. The molecule has 0 spiro atoms. The van der Waals surface area contributed by atoms with Gasteiger partial charge in [-0.25, -0.2) is 0 Å². The molecule has 11 heteroatoms. The number of nitrogens with zero attached hydrogens (tertiary/aromatic N) is 4. The number of amides is 1. The van der Waals surface area contributed by atoms with Crippen LogP contribution >= 0.6 is 46.2 Å². The quantitative estimate of drug-likeness (QED) is 0.535. The van der Waals surface area contributed by atoms with Gasteiger partial charge in [-0.1, -0.05) is 60.0 Å². The van der Waals surface area contributed by atoms with Crippen molar-refractivity contribution < 1.29 is 4.79 Å². The van der Waals surface area contributed by atoms with E-state index in [4.69, 9.17) is 5.73 Å². The molecule has 0 aliphatic carbocycles. The fraction of sp³-hybridized carbons (Fsp3) is 0.545. The number of carbonyl (C=O) groups is 1. The van der Waals surface area contributed by atoms with Crippen LogP contribution in [0.3, 0.4) is 0 Å². The molecule has 1 atom stereocenters. The smallest absolute Gasteiger partial charge is 0.239 e. The molecular formula is C11H16N6OS4. The van der Waals surface area contributed by atoms with E-state index in [9.17, 15) is 4.79 Å². The SMILES string of the molecule is CCCSc1nnc(NC(=O)C(CC)Sc2nnc(N)s2)s1. The van der Waals surface area contributed by atoms with E-state index >= 15 is 0 Å². The van der Waals surface area contributed by atoms with Crippen LogP contribution in [0.15, 0.2) is 8.68 Å². The van der Waals surface area contributed by atoms with Crippen LogP contribution in [0.1, 0.15) is 26.7 Å². The summed E-state index contributed by atoms with van der Waals surface area (Å²) < 4.78 is 1.56. The predicted octanol–water partition coefficient (Wildman–Crippen LogP) is 2.98. The maximum absolute atomic E-state index is 12.3. The van der Waals surface area contributed by atoms with E-state index in [1.54, 1.807) is 11.8 Å². The largest absolute Gasteiger partial charge is 0.374 e. The van der Waals surface area contributed by atoms with Crippen LogP contribution in [0, 0.1) is 0 Å². The first-order chi connectivity index (χ1) is 10.6. The second-order valence-electron chi connectivity index (χ2n) is 4.13. The molecule has 0 saturated heterocycles. The van der Waals surface area contributed by atoms with E-state index in [1.807, 2.05) is 6.92 Å². The molecule has 7 nitrogen and oxygen atoms in total. The summed E-state index contributed by atoms with van der Waals surface area (Å²) in [5.74, 6) is 0.888. The minimum absolute atomic E-state index is 0.107. The molecule has 2 aromatic rings. The molecule has 0 aromatic carbocycles. The maximum Gasteiger partial charge on any atom is 0.239 e. The lowest BCUT2D eigenvalue weighted by Crippen LogP contribution is -2.24. The van der Waals surface area contributed by atoms with Gasteiger partial charge in [0.2, 0.25) is 16.2 Å². The zero-order valence-electron chi connectivity index (χ0n) is 12.1. The van der Waals surface area contributed by atoms with Crippen molar-refractivity contribution in [3.05, 3.63) is 0 Å². The number of carbonyl (C=O) groups excluding carboxylic acids is 1. The number of nitrogen functional groups attached to an aromatic ring is 1. The minimum Gasteiger partial charge on any atom is -0.374 e. The van der Waals surface area contributed by atoms with Gasteiger partial charge in [0, 0.05) is 5.75 Å². The number of hydrogen-bond donors (Lipinski definition) is 2. The van der Waals surface area contributed by atoms with Crippen LogP contribution in [0.5, 0.6) is 0 Å². The molecular weight excluding hydrogens is 360 g/mol. The second kappa shape index (κ2) is 8.65. The van der Waals surface area contributed by atoms with Gasteiger partial charge in [0.25, 0.3) is 0 Å². The number of hydrogen-bond acceptors (Lipinski definition) is 10. The highest BCUT2D eigenvalue weighted by molar-refractivity contribution is 8.02. The van der Waals surface area contributed by atoms with E-state index in [0.29, 0.717) is 21.0 Å². The number of aromatic nitrogens is 4. The van der Waals surface area contributed by atoms with E-state index in [1.165, 1.54) is 34.4 Å². The number of thioether (sulfide) groups is 2. The summed E-state index contributed by atoms with van der Waals surface area (Å²) in [7, 11) is 0. The minimum atomic E-state index is -0.261. The summed E-state index contributed by atoms with van der Waals surface area (Å²) in [6.07, 6.45) is 1.75. The third kappa shape index (κ3) is 5.07. The average Bonchev–Trinajstić information content (AvgIpc) is 3.11. The fourth-order valence-electron chi connectivity index (χ4n) is 1.41. The molecule has 2 heterocycles. The molecule has 1 amide bonds. The molecule has 2 aromatic heterocycles. The molecule has 0 bridgehead atoms. The monoisotopic (exact) mass is 376 g/mol. The van der Waals surface area contributed by atoms with Crippen molar-refractivity contribution in [3.8, 4) is 0 Å². The lowest BCUT2D eigenvalue weighted by atomic mass is 10.3. The zero-order valence-corrected chi connectivity index (χ0v) is 15.4. The van der Waals surface area contributed by atoms with Gasteiger partial charge in [0.15, 0.2) is 8.68 Å². The van der Waals surface area contributed by atoms with Gasteiger partial charge in [-0.05, 0) is 12.8 Å². The Morgan fingerprint density at radius 1 is 1.23 bits per heavy atom. The first-order valence-electron chi connectivity index (χ1n) is 6.65. The van der Waals surface area contributed by atoms with Gasteiger partial charge in [0.1, 0.15) is 0 Å². The first-order valence-corrected chi connectivity index (χ1v) is 10.1. The molecule has 0 fully saturated rings. The molecule has 2 rings (SSSR count). The Bertz CT molecular complexity index is 615. The van der Waals surface area contributed by atoms with Gasteiger partial charge < -0.3 is 5.73 Å². The maximum atomic E-state index is 12.3. The van der Waals surface area contributed by atoms with Crippen LogP contribution in [0.25, 0.3) is 0 Å². The van der Waals surface area contributed by atoms with Gasteiger partial charge >= 0.3 is 0 Å². The summed E-state index contributed by atoms with van der Waals surface area (Å²) >= 11 is 5.68. The second-order valence-corrected chi connectivity index (χ2v) is 8.91. The Kier molecular flexibility index (Phi) is 6.86. The average molecular weight is 377 g/mol. The van der Waals surface area contributed by atoms with E-state index < -0.39 is 0 Å². The third-order valence-electron chi connectivity index (χ3n) is 2.39. The van der Waals surface area contributed by atoms with Crippen LogP contribution in [-0.2, 0) is 4.79 Å². The van der Waals surface area contributed by atoms with Gasteiger partial charge in [0.05, 0.1) is 5.25 Å². The van der Waals surface area contributed by atoms with Gasteiger partial charge in [-0.2, -0.15) is 0 Å². The molecule has 1 unspecified atom stereocenters. The molecule has 0 radical (unpaired) electrons. The molecule has 3 N–H and O–H groups in total. The number of nitrogens with two attached hydrogens (primary N) is 1. The summed E-state index contributed by atoms with van der Waals surface area (Å²) in [6, 6.07) is 0. The highest BCUT2D eigenvalue weighted by Crippen LogP contribution is 2.31. The first kappa shape index (κ1) is 17.4. The number of rotatable bonds is 8. The van der Waals surface area contributed by atoms with Crippen LogP contribution in [0.2, 0.25) is 0 Å². The van der Waals surface area contributed by atoms with E-state index in [-0.39, 0.29) is 11.2 Å². The summed E-state index contributed by atoms with van der Waals surface area (Å²) in [6.45, 7) is 4.06. The number of nitrogens with one attached hydrogen (secondary N) is 1. The molecule has 0 aliphatic rings. The zero-order chi connectivity index (χ0) is 15.9. The van der Waals surface area contributed by atoms with E-state index in [0.717, 1.165) is 16.5 Å². The molecule has 0 aliphatic heterocycles. The highest BCUT2D eigenvalue weighted by atomic mass is 32.2. The van der Waals surface area contributed by atoms with Crippen LogP contribution in [0.4, 0.5) is 10.3 Å². The topological polar surface area (TPSA) is 107 Å². The van der Waals surface area contributed by atoms with Gasteiger partial charge in [-0.15, -0.1) is 20.4 Å². The standard InChI is InChI=1S/C11H16N6OS4/c1-3-5-19-10-16-15-9(22-10)13-7(18)6(4-2)20-11-17-14-8(12)21-11/h6H,3-5H2,1-2H3,(H2,12,14)(H,13,15,18). The Balaban J connectivity index is 1.92. The van der Waals surface area contributed by atoms with Crippen molar-refractivity contribution in [2.45, 2.75) is 40.6 Å². The Morgan fingerprint density at radius 3 is 2.64 bits per heavy atom. The fourth-order valence-corrected chi connectivity index (χ4v) is 4.89. The Morgan fingerprint density at radius 2 is 2.00 bits per heavy atom. The molecule has 22 heavy (non-hydrogen) atoms. The molecule has 0 saturated carbocycles. The summed E-state index contributed by atoms with van der Waals surface area (Å²) in [5.41, 5.74) is 5.55. The van der Waals surface area contributed by atoms with Crippen molar-refractivity contribution in [3.63, 3.8) is 0 Å².